The Morgan fingerprint density at radius 3 is 1.04 bits per heavy atom. The molecule has 0 N–H and O–H groups in total. The Balaban J connectivity index is 0.979. The van der Waals surface area contributed by atoms with Crippen LogP contribution in [-0.4, -0.2) is 33.2 Å². The number of nitriles is 1. The molecule has 13 aromatic carbocycles. The fraction of sp³-hybridized carbons (Fsp3) is 0.0330. The lowest BCUT2D eigenvalue weighted by Crippen LogP contribution is -2.09. The van der Waals surface area contributed by atoms with Gasteiger partial charge in [0, 0.05) is 94.8 Å². The molecule has 0 aliphatic rings. The van der Waals surface area contributed by atoms with Crippen LogP contribution in [0.15, 0.2) is 310 Å². The van der Waals surface area contributed by atoms with E-state index in [0.717, 1.165) is 128 Å². The summed E-state index contributed by atoms with van der Waals surface area (Å²) >= 11 is 0. The fourth-order valence-corrected chi connectivity index (χ4v) is 15.7. The van der Waals surface area contributed by atoms with Crippen LogP contribution in [0.25, 0.3) is 177 Å². The number of hydrogen-bond acceptors (Lipinski definition) is 4. The topological polar surface area (TPSA) is 82.2 Å². The lowest BCUT2D eigenvalue weighted by atomic mass is 9.80. The molecule has 19 aromatic rings. The van der Waals surface area contributed by atoms with Gasteiger partial charge in [0.1, 0.15) is 6.07 Å². The maximum atomic E-state index is 12.9. The summed E-state index contributed by atoms with van der Waals surface area (Å²) in [5.74, 6) is 0.459. The van der Waals surface area contributed by atoms with Crippen LogP contribution < -0.4 is 0 Å². The number of nitrogens with zero attached hydrogens (tertiary/aromatic N) is 8. The van der Waals surface area contributed by atoms with Crippen LogP contribution in [0.5, 0.6) is 0 Å². The molecule has 0 saturated heterocycles. The van der Waals surface area contributed by atoms with Gasteiger partial charge in [0.2, 0.25) is 0 Å². The third-order valence-corrected chi connectivity index (χ3v) is 20.1. The molecule has 6 aromatic heterocycles. The lowest BCUT2D eigenvalue weighted by molar-refractivity contribution is 1.13. The van der Waals surface area contributed by atoms with Crippen molar-refractivity contribution in [1.82, 2.24) is 33.2 Å². The van der Waals surface area contributed by atoms with E-state index in [-0.39, 0.29) is 0 Å². The van der Waals surface area contributed by atoms with Crippen LogP contribution in [0.2, 0.25) is 0 Å². The molecule has 0 fully saturated rings. The highest BCUT2D eigenvalue weighted by Gasteiger charge is 2.33. The average Bonchev–Trinajstić information content (AvgIpc) is 1.55. The van der Waals surface area contributed by atoms with Gasteiger partial charge in [0.15, 0.2) is 5.82 Å². The summed E-state index contributed by atoms with van der Waals surface area (Å²) in [7, 11) is 0. The summed E-state index contributed by atoms with van der Waals surface area (Å²) in [6, 6.07) is 109. The number of pyridine rings is 1. The molecule has 6 heterocycles. The first-order chi connectivity index (χ1) is 48.8. The van der Waals surface area contributed by atoms with Gasteiger partial charge < -0.3 is 18.3 Å². The summed E-state index contributed by atoms with van der Waals surface area (Å²) < 4.78 is 9.40. The van der Waals surface area contributed by atoms with Crippen molar-refractivity contribution in [3.05, 3.63) is 332 Å². The highest BCUT2D eigenvalue weighted by atomic mass is 15.0. The number of rotatable bonds is 10. The maximum Gasteiger partial charge on any atom is 0.163 e. The van der Waals surface area contributed by atoms with E-state index < -0.39 is 0 Å². The van der Waals surface area contributed by atoms with Gasteiger partial charge in [0.05, 0.1) is 72.3 Å². The van der Waals surface area contributed by atoms with E-state index in [1.54, 1.807) is 0 Å². The second kappa shape index (κ2) is 22.7. The molecule has 0 amide bonds. The summed E-state index contributed by atoms with van der Waals surface area (Å²) in [5, 5.41) is 22.0. The van der Waals surface area contributed by atoms with Crippen LogP contribution >= 0.6 is 0 Å². The van der Waals surface area contributed by atoms with E-state index >= 15 is 0 Å². The monoisotopic (exact) mass is 1260 g/mol. The van der Waals surface area contributed by atoms with E-state index in [2.05, 4.69) is 330 Å². The van der Waals surface area contributed by atoms with Gasteiger partial charge in [-0.25, -0.2) is 9.97 Å². The molecule has 0 aliphatic carbocycles. The molecule has 0 spiro atoms. The van der Waals surface area contributed by atoms with Crippen LogP contribution in [0.4, 0.5) is 0 Å². The Bertz CT molecular complexity index is 6430. The number of para-hydroxylation sites is 4. The molecule has 8 heteroatoms. The Kier molecular flexibility index (Phi) is 13.1. The van der Waals surface area contributed by atoms with Crippen molar-refractivity contribution in [2.75, 3.05) is 0 Å². The number of benzene rings is 13. The zero-order valence-electron chi connectivity index (χ0n) is 54.5. The van der Waals surface area contributed by atoms with Gasteiger partial charge in [0.25, 0.3) is 0 Å². The van der Waals surface area contributed by atoms with Gasteiger partial charge in [-0.15, -0.1) is 0 Å². The molecule has 0 atom stereocenters. The van der Waals surface area contributed by atoms with E-state index in [1.807, 2.05) is 24.5 Å². The molecule has 0 radical (unpaired) electrons. The third-order valence-electron chi connectivity index (χ3n) is 20.1. The van der Waals surface area contributed by atoms with Crippen molar-refractivity contribution >= 4 is 87.2 Å². The largest absolute Gasteiger partial charge is 0.309 e. The predicted octanol–water partition coefficient (Wildman–Crippen LogP) is 23.1. The normalized spacial score (nSPS) is 11.8. The highest BCUT2D eigenvalue weighted by molar-refractivity contribution is 6.15. The van der Waals surface area contributed by atoms with Crippen molar-refractivity contribution in [1.29, 1.82) is 5.26 Å². The van der Waals surface area contributed by atoms with Crippen molar-refractivity contribution in [3.63, 3.8) is 0 Å². The van der Waals surface area contributed by atoms with Crippen molar-refractivity contribution < 1.29 is 0 Å². The van der Waals surface area contributed by atoms with Gasteiger partial charge in [-0.2, -0.15) is 5.26 Å². The SMILES string of the molecule is Cc1ccc2c(c1)c1ccccc1n2-c1ccc(-c2c(C#N)c(-n3c4ccccc4c4cnccc43)c(-c3nc(-c4ccccc4)cc(-c4ccccc4)n3)c(-c3ccc(-n4c5ccccc5c5cc(C)ccc54)cc3)c2-c2ccc(-n3c4ccccc4c4cc(C)ccc43)cc2)cc1. The molecule has 0 aliphatic heterocycles. The van der Waals surface area contributed by atoms with Gasteiger partial charge >= 0.3 is 0 Å². The minimum Gasteiger partial charge on any atom is -0.309 e. The molecular weight excluding hydrogens is 1210 g/mol. The zero-order chi connectivity index (χ0) is 66.0. The predicted molar refractivity (Wildman–Crippen MR) is 409 cm³/mol. The Morgan fingerprint density at radius 1 is 0.283 bits per heavy atom. The fourth-order valence-electron chi connectivity index (χ4n) is 15.7. The Labute approximate surface area is 571 Å². The molecule has 0 saturated carbocycles. The second-order valence-corrected chi connectivity index (χ2v) is 26.0. The first-order valence-corrected chi connectivity index (χ1v) is 33.6. The summed E-state index contributed by atoms with van der Waals surface area (Å²) in [5.41, 5.74) is 25.4. The molecule has 0 unspecified atom stereocenters. The summed E-state index contributed by atoms with van der Waals surface area (Å²) in [4.78, 5) is 16.4. The van der Waals surface area contributed by atoms with Crippen LogP contribution in [0.3, 0.4) is 0 Å². The standard InChI is InChI=1S/C91H60N8/c1-56-30-45-82-71(50-56)67-22-10-14-26-78(67)96(82)64-39-33-61(34-40-64)86-74(54-92)90(99-81-29-17-13-25-70(81)75-55-93-49-48-85(75)99)89(91-94-76(59-18-6-4-7-19-59)53-77(95-91)60-20-8-5-9-21-60)88(63-37-43-66(44-38-63)98-80-28-16-12-24-69(80)73-52-58(3)32-47-84(73)98)87(86)62-35-41-65(42-36-62)97-79-27-15-11-23-68(79)72-51-57(2)31-46-83(72)97/h4-53,55H,1-3H3. The van der Waals surface area contributed by atoms with Crippen LogP contribution in [-0.2, 0) is 0 Å². The van der Waals surface area contributed by atoms with Crippen molar-refractivity contribution in [2.24, 2.45) is 0 Å². The van der Waals surface area contributed by atoms with E-state index in [4.69, 9.17) is 15.0 Å². The lowest BCUT2D eigenvalue weighted by Gasteiger charge is -2.27. The quantitative estimate of drug-likeness (QED) is 0.137. The van der Waals surface area contributed by atoms with Crippen molar-refractivity contribution in [3.8, 4) is 96.1 Å². The number of aromatic nitrogens is 7. The first kappa shape index (κ1) is 57.2. The van der Waals surface area contributed by atoms with Crippen LogP contribution in [0, 0.1) is 32.1 Å². The third kappa shape index (κ3) is 9.09. The van der Waals surface area contributed by atoms with Crippen LogP contribution in [0.1, 0.15) is 22.3 Å². The Morgan fingerprint density at radius 2 is 0.626 bits per heavy atom. The van der Waals surface area contributed by atoms with Gasteiger partial charge in [-0.1, -0.05) is 205 Å². The average molecular weight is 1270 g/mol. The maximum absolute atomic E-state index is 12.9. The smallest absolute Gasteiger partial charge is 0.163 e. The zero-order valence-corrected chi connectivity index (χ0v) is 54.5. The van der Waals surface area contributed by atoms with E-state index in [1.165, 1.54) is 49.0 Å². The summed E-state index contributed by atoms with van der Waals surface area (Å²) in [6.45, 7) is 6.47. The molecule has 8 nitrogen and oxygen atoms in total. The number of aryl methyl sites for hydroxylation is 3. The van der Waals surface area contributed by atoms with Crippen molar-refractivity contribution in [2.45, 2.75) is 20.8 Å². The molecule has 99 heavy (non-hydrogen) atoms. The second-order valence-electron chi connectivity index (χ2n) is 26.0. The molecular formula is C91H60N8. The van der Waals surface area contributed by atoms with Gasteiger partial charge in [-0.3, -0.25) is 4.98 Å². The summed E-state index contributed by atoms with van der Waals surface area (Å²) in [6.07, 6.45) is 3.79. The number of fused-ring (bicyclic) bond motifs is 12. The molecule has 464 valence electrons. The van der Waals surface area contributed by atoms with E-state index in [0.29, 0.717) is 22.6 Å². The minimum atomic E-state index is 0.456. The van der Waals surface area contributed by atoms with E-state index in [9.17, 15) is 5.26 Å². The first-order valence-electron chi connectivity index (χ1n) is 33.6. The number of hydrogen-bond donors (Lipinski definition) is 0. The highest BCUT2D eigenvalue weighted by Crippen LogP contribution is 2.53. The molecule has 19 rings (SSSR count). The Hall–Kier alpha value is -13.2. The molecule has 0 bridgehead atoms. The minimum absolute atomic E-state index is 0.456. The van der Waals surface area contributed by atoms with Gasteiger partial charge in [-0.05, 0) is 152 Å².